The Morgan fingerprint density at radius 2 is 1.95 bits per heavy atom. The van der Waals surface area contributed by atoms with Gasteiger partial charge >= 0.3 is 0 Å². The second-order valence-corrected chi connectivity index (χ2v) is 5.33. The number of hydrogen-bond donors (Lipinski definition) is 1. The van der Waals surface area contributed by atoms with Crippen molar-refractivity contribution in [2.75, 3.05) is 5.32 Å². The molecule has 1 amide bonds. The summed E-state index contributed by atoms with van der Waals surface area (Å²) in [5.74, 6) is -0.312. The molecule has 0 aliphatic carbocycles. The first-order valence-electron chi connectivity index (χ1n) is 5.92. The van der Waals surface area contributed by atoms with Crippen molar-refractivity contribution in [3.05, 3.63) is 56.8 Å². The van der Waals surface area contributed by atoms with Gasteiger partial charge in [-0.05, 0) is 36.8 Å². The molecule has 6 heteroatoms. The topological polar surface area (TPSA) is 42.0 Å². The number of nitrogens with zero attached hydrogens (tertiary/aromatic N) is 1. The zero-order chi connectivity index (χ0) is 14.7. The van der Waals surface area contributed by atoms with Crippen molar-refractivity contribution in [3.63, 3.8) is 0 Å². The first-order valence-corrected chi connectivity index (χ1v) is 7.06. The molecule has 0 atom stereocenters. The van der Waals surface area contributed by atoms with Gasteiger partial charge in [0, 0.05) is 16.3 Å². The molecule has 0 aliphatic heterocycles. The molecule has 20 heavy (non-hydrogen) atoms. The predicted molar refractivity (Wildman–Crippen MR) is 83.0 cm³/mol. The Balaban J connectivity index is 2.28. The van der Waals surface area contributed by atoms with Crippen LogP contribution in [0.2, 0.25) is 15.2 Å². The molecule has 0 fully saturated rings. The number of amides is 1. The minimum atomic E-state index is -0.312. The molecule has 2 rings (SSSR count). The fourth-order valence-electron chi connectivity index (χ4n) is 1.65. The first kappa shape index (κ1) is 15.1. The van der Waals surface area contributed by atoms with Crippen LogP contribution < -0.4 is 5.32 Å². The van der Waals surface area contributed by atoms with Crippen molar-refractivity contribution >= 4 is 46.4 Å². The number of hydrogen-bond acceptors (Lipinski definition) is 2. The summed E-state index contributed by atoms with van der Waals surface area (Å²) in [6, 6.07) is 8.06. The lowest BCUT2D eigenvalue weighted by molar-refractivity contribution is 0.102. The van der Waals surface area contributed by atoms with Gasteiger partial charge in [-0.15, -0.1) is 0 Å². The van der Waals surface area contributed by atoms with E-state index in [0.29, 0.717) is 27.7 Å². The second-order valence-electron chi connectivity index (χ2n) is 4.10. The van der Waals surface area contributed by atoms with Gasteiger partial charge in [0.15, 0.2) is 0 Å². The Morgan fingerprint density at radius 1 is 1.20 bits per heavy atom. The van der Waals surface area contributed by atoms with Crippen molar-refractivity contribution in [1.82, 2.24) is 4.98 Å². The van der Waals surface area contributed by atoms with Crippen LogP contribution >= 0.6 is 34.8 Å². The van der Waals surface area contributed by atoms with Gasteiger partial charge in [-0.25, -0.2) is 4.98 Å². The van der Waals surface area contributed by atoms with Gasteiger partial charge in [-0.1, -0.05) is 41.7 Å². The monoisotopic (exact) mass is 328 g/mol. The largest absolute Gasteiger partial charge is 0.321 e. The van der Waals surface area contributed by atoms with E-state index in [4.69, 9.17) is 34.8 Å². The molecule has 0 bridgehead atoms. The number of carbonyl (C=O) groups excluding carboxylic acids is 1. The molecule has 2 aromatic rings. The Hall–Kier alpha value is -1.29. The smallest absolute Gasteiger partial charge is 0.255 e. The van der Waals surface area contributed by atoms with E-state index in [-0.39, 0.29) is 11.1 Å². The maximum absolute atomic E-state index is 12.2. The Morgan fingerprint density at radius 3 is 2.65 bits per heavy atom. The molecule has 0 spiro atoms. The molecule has 1 heterocycles. The summed E-state index contributed by atoms with van der Waals surface area (Å²) < 4.78 is 0. The lowest BCUT2D eigenvalue weighted by atomic mass is 10.2. The van der Waals surface area contributed by atoms with E-state index in [1.54, 1.807) is 24.3 Å². The average molecular weight is 330 g/mol. The highest BCUT2D eigenvalue weighted by Crippen LogP contribution is 2.26. The lowest BCUT2D eigenvalue weighted by Crippen LogP contribution is -2.13. The molecule has 1 aromatic heterocycles. The third kappa shape index (κ3) is 3.63. The van der Waals surface area contributed by atoms with Crippen LogP contribution in [0.1, 0.15) is 23.0 Å². The molecule has 3 nitrogen and oxygen atoms in total. The van der Waals surface area contributed by atoms with Crippen molar-refractivity contribution in [3.8, 4) is 0 Å². The maximum atomic E-state index is 12.2. The lowest BCUT2D eigenvalue weighted by Gasteiger charge is -2.09. The molecule has 104 valence electrons. The van der Waals surface area contributed by atoms with Crippen molar-refractivity contribution < 1.29 is 4.79 Å². The predicted octanol–water partition coefficient (Wildman–Crippen LogP) is 4.86. The zero-order valence-electron chi connectivity index (χ0n) is 10.6. The number of aromatic nitrogens is 1. The third-order valence-corrected chi connectivity index (χ3v) is 3.41. The zero-order valence-corrected chi connectivity index (χ0v) is 12.9. The highest BCUT2D eigenvalue weighted by Gasteiger charge is 2.11. The summed E-state index contributed by atoms with van der Waals surface area (Å²) in [5.41, 5.74) is 1.63. The van der Waals surface area contributed by atoms with Crippen LogP contribution in [0.15, 0.2) is 30.3 Å². The van der Waals surface area contributed by atoms with Crippen LogP contribution in [-0.2, 0) is 6.42 Å². The summed E-state index contributed by atoms with van der Waals surface area (Å²) in [6.45, 7) is 1.94. The molecule has 0 saturated heterocycles. The number of halogens is 3. The Labute approximate surface area is 131 Å². The molecule has 0 aliphatic rings. The molecule has 0 radical (unpaired) electrons. The molecule has 0 saturated carbocycles. The van der Waals surface area contributed by atoms with Crippen LogP contribution in [0, 0.1) is 0 Å². The van der Waals surface area contributed by atoms with Crippen LogP contribution in [0.5, 0.6) is 0 Å². The van der Waals surface area contributed by atoms with E-state index in [1.165, 1.54) is 6.07 Å². The normalized spacial score (nSPS) is 10.4. The van der Waals surface area contributed by atoms with Gasteiger partial charge in [-0.2, -0.15) is 0 Å². The molecular weight excluding hydrogens is 319 g/mol. The fraction of sp³-hybridized carbons (Fsp3) is 0.143. The Bertz CT molecular complexity index is 659. The maximum Gasteiger partial charge on any atom is 0.255 e. The van der Waals surface area contributed by atoms with Crippen LogP contribution in [0.3, 0.4) is 0 Å². The van der Waals surface area contributed by atoms with E-state index < -0.39 is 0 Å². The summed E-state index contributed by atoms with van der Waals surface area (Å²) in [6.07, 6.45) is 0.693. The van der Waals surface area contributed by atoms with Crippen molar-refractivity contribution in [1.29, 1.82) is 0 Å². The van der Waals surface area contributed by atoms with Gasteiger partial charge in [0.25, 0.3) is 5.91 Å². The summed E-state index contributed by atoms with van der Waals surface area (Å²) in [4.78, 5) is 16.3. The van der Waals surface area contributed by atoms with Gasteiger partial charge in [0.1, 0.15) is 5.15 Å². The van der Waals surface area contributed by atoms with Crippen molar-refractivity contribution in [2.24, 2.45) is 0 Å². The molecule has 1 aromatic carbocycles. The van der Waals surface area contributed by atoms with Crippen LogP contribution in [-0.4, -0.2) is 10.9 Å². The highest BCUT2D eigenvalue weighted by atomic mass is 35.5. The summed E-state index contributed by atoms with van der Waals surface area (Å²) in [7, 11) is 0. The van der Waals surface area contributed by atoms with E-state index in [1.807, 2.05) is 6.92 Å². The van der Waals surface area contributed by atoms with Crippen LogP contribution in [0.4, 0.5) is 5.69 Å². The van der Waals surface area contributed by atoms with Gasteiger partial charge in [0.05, 0.1) is 10.7 Å². The number of pyridine rings is 1. The SMILES string of the molecule is CCc1cc(C(=O)Nc2cc(Cl)ccc2Cl)cc(Cl)n1. The van der Waals surface area contributed by atoms with E-state index in [0.717, 1.165) is 5.69 Å². The quantitative estimate of drug-likeness (QED) is 0.817. The van der Waals surface area contributed by atoms with E-state index in [9.17, 15) is 4.79 Å². The third-order valence-electron chi connectivity index (χ3n) is 2.65. The summed E-state index contributed by atoms with van der Waals surface area (Å²) >= 11 is 17.8. The minimum absolute atomic E-state index is 0.284. The van der Waals surface area contributed by atoms with E-state index in [2.05, 4.69) is 10.3 Å². The molecule has 0 unspecified atom stereocenters. The number of anilines is 1. The van der Waals surface area contributed by atoms with E-state index >= 15 is 0 Å². The van der Waals surface area contributed by atoms with Crippen LogP contribution in [0.25, 0.3) is 0 Å². The van der Waals surface area contributed by atoms with Gasteiger partial charge in [0.2, 0.25) is 0 Å². The highest BCUT2D eigenvalue weighted by molar-refractivity contribution is 6.36. The second kappa shape index (κ2) is 6.44. The molecule has 1 N–H and O–H groups in total. The van der Waals surface area contributed by atoms with Gasteiger partial charge in [-0.3, -0.25) is 4.79 Å². The fourth-order valence-corrected chi connectivity index (χ4v) is 2.21. The summed E-state index contributed by atoms with van der Waals surface area (Å²) in [5, 5.41) is 3.90. The number of carbonyl (C=O) groups is 1. The minimum Gasteiger partial charge on any atom is -0.321 e. The standard InChI is InChI=1S/C14H11Cl3N2O/c1-2-10-5-8(6-13(17)18-10)14(20)19-12-7-9(15)3-4-11(12)16/h3-7H,2H2,1H3,(H,19,20). The number of rotatable bonds is 3. The number of benzene rings is 1. The number of nitrogens with one attached hydrogen (secondary N) is 1. The average Bonchev–Trinajstić information content (AvgIpc) is 2.42. The first-order chi connectivity index (χ1) is 9.49. The van der Waals surface area contributed by atoms with Crippen molar-refractivity contribution in [2.45, 2.75) is 13.3 Å². The number of aryl methyl sites for hydroxylation is 1. The van der Waals surface area contributed by atoms with Gasteiger partial charge < -0.3 is 5.32 Å². The molecular formula is C14H11Cl3N2O. The Kier molecular flexibility index (Phi) is 4.86.